The Morgan fingerprint density at radius 2 is 1.35 bits per heavy atom. The Bertz CT molecular complexity index is 283. The van der Waals surface area contributed by atoms with Crippen molar-refractivity contribution in [2.45, 2.75) is 33.1 Å². The minimum atomic E-state index is -0.223. The summed E-state index contributed by atoms with van der Waals surface area (Å²) in [4.78, 5) is 21.7. The molecule has 2 aliphatic rings. The lowest BCUT2D eigenvalue weighted by Crippen LogP contribution is -2.31. The van der Waals surface area contributed by atoms with Crippen LogP contribution in [0.3, 0.4) is 0 Å². The minimum absolute atomic E-state index is 0.223. The highest BCUT2D eigenvalue weighted by Crippen LogP contribution is 2.52. The van der Waals surface area contributed by atoms with Crippen LogP contribution in [0.5, 0.6) is 0 Å². The second kappa shape index (κ2) is 5.07. The van der Waals surface area contributed by atoms with E-state index in [9.17, 15) is 9.59 Å². The minimum Gasteiger partial charge on any atom is -0.466 e. The predicted octanol–water partition coefficient (Wildman–Crippen LogP) is 1.77. The number of hydrogen-bond donors (Lipinski definition) is 0. The van der Waals surface area contributed by atoms with Crippen molar-refractivity contribution < 1.29 is 19.1 Å². The molecule has 0 N–H and O–H groups in total. The highest BCUT2D eigenvalue weighted by Gasteiger charge is 2.48. The largest absolute Gasteiger partial charge is 0.466 e. The van der Waals surface area contributed by atoms with Crippen molar-refractivity contribution in [2.24, 2.45) is 23.7 Å². The van der Waals surface area contributed by atoms with Gasteiger partial charge in [-0.15, -0.1) is 0 Å². The Kier molecular flexibility index (Phi) is 3.69. The molecule has 0 saturated heterocycles. The Labute approximate surface area is 102 Å². The summed E-state index contributed by atoms with van der Waals surface area (Å²) >= 11 is 0. The Balaban J connectivity index is 1.91. The molecule has 0 unspecified atom stereocenters. The average molecular weight is 240 g/mol. The van der Waals surface area contributed by atoms with Gasteiger partial charge in [-0.2, -0.15) is 0 Å². The van der Waals surface area contributed by atoms with Crippen LogP contribution in [0.15, 0.2) is 0 Å². The van der Waals surface area contributed by atoms with E-state index in [-0.39, 0.29) is 11.9 Å². The zero-order valence-electron chi connectivity index (χ0n) is 10.5. The first-order valence-electron chi connectivity index (χ1n) is 6.34. The Morgan fingerprint density at radius 1 is 0.941 bits per heavy atom. The third-order valence-corrected chi connectivity index (χ3v) is 4.23. The van der Waals surface area contributed by atoms with Gasteiger partial charge in [0.1, 0.15) is 0 Å². The van der Waals surface area contributed by atoms with E-state index in [4.69, 9.17) is 9.47 Å². The Hall–Kier alpha value is -1.06. The number of ether oxygens (including phenoxy) is 2. The monoisotopic (exact) mass is 240 g/mol. The van der Waals surface area contributed by atoms with Crippen LogP contribution in [0.25, 0.3) is 0 Å². The van der Waals surface area contributed by atoms with E-state index in [2.05, 4.69) is 0 Å². The number of carbonyl (C=O) groups is 2. The predicted molar refractivity (Wildman–Crippen MR) is 61.1 cm³/mol. The van der Waals surface area contributed by atoms with Crippen LogP contribution in [0, 0.1) is 23.7 Å². The summed E-state index contributed by atoms with van der Waals surface area (Å²) in [6.07, 6.45) is 3.66. The normalized spacial score (nSPS) is 34.7. The zero-order chi connectivity index (χ0) is 12.4. The maximum absolute atomic E-state index is 10.9. The van der Waals surface area contributed by atoms with Gasteiger partial charge >= 0.3 is 11.9 Å². The number of rotatable bonds is 4. The maximum Gasteiger partial charge on any atom is 0.302 e. The molecule has 2 rings (SSSR count). The van der Waals surface area contributed by atoms with Crippen molar-refractivity contribution in [2.75, 3.05) is 13.2 Å². The summed E-state index contributed by atoms with van der Waals surface area (Å²) in [6, 6.07) is 0. The topological polar surface area (TPSA) is 52.6 Å². The van der Waals surface area contributed by atoms with Gasteiger partial charge in [0.25, 0.3) is 0 Å². The lowest BCUT2D eigenvalue weighted by atomic mass is 9.80. The summed E-state index contributed by atoms with van der Waals surface area (Å²) in [7, 11) is 0. The van der Waals surface area contributed by atoms with Crippen LogP contribution in [0.4, 0.5) is 0 Å². The fraction of sp³-hybridized carbons (Fsp3) is 0.846. The molecule has 0 aromatic heterocycles. The fourth-order valence-electron chi connectivity index (χ4n) is 3.48. The van der Waals surface area contributed by atoms with Crippen LogP contribution in [0.2, 0.25) is 0 Å². The molecule has 4 nitrogen and oxygen atoms in total. The molecule has 0 aromatic rings. The Morgan fingerprint density at radius 3 is 1.71 bits per heavy atom. The first-order valence-corrected chi connectivity index (χ1v) is 6.34. The zero-order valence-corrected chi connectivity index (χ0v) is 10.5. The molecular formula is C13H20O4. The molecule has 4 heteroatoms. The highest BCUT2D eigenvalue weighted by atomic mass is 16.5. The quantitative estimate of drug-likeness (QED) is 0.703. The van der Waals surface area contributed by atoms with Gasteiger partial charge in [0, 0.05) is 25.7 Å². The molecule has 0 amide bonds. The molecule has 0 aromatic carbocycles. The van der Waals surface area contributed by atoms with Crippen molar-refractivity contribution in [1.82, 2.24) is 0 Å². The van der Waals surface area contributed by atoms with Crippen LogP contribution in [0.1, 0.15) is 33.1 Å². The van der Waals surface area contributed by atoms with E-state index >= 15 is 0 Å². The second-order valence-electron chi connectivity index (χ2n) is 5.27. The lowest BCUT2D eigenvalue weighted by molar-refractivity contribution is -0.148. The third kappa shape index (κ3) is 2.79. The number of esters is 2. The van der Waals surface area contributed by atoms with E-state index in [1.54, 1.807) is 0 Å². The molecule has 96 valence electrons. The standard InChI is InChI=1S/C13H20O4/c1-8(14)16-6-12-10-3-4-11(5-10)13(12)7-17-9(2)15/h10-13H,3-7H2,1-2H3/t10-,11-,12-,13+/m0/s1. The van der Waals surface area contributed by atoms with Gasteiger partial charge in [-0.1, -0.05) is 0 Å². The van der Waals surface area contributed by atoms with Gasteiger partial charge in [-0.25, -0.2) is 0 Å². The molecule has 0 aliphatic heterocycles. The van der Waals surface area contributed by atoms with Gasteiger partial charge in [-0.3, -0.25) is 9.59 Å². The molecule has 17 heavy (non-hydrogen) atoms. The van der Waals surface area contributed by atoms with E-state index in [1.165, 1.54) is 33.1 Å². The molecule has 2 fully saturated rings. The van der Waals surface area contributed by atoms with Crippen LogP contribution >= 0.6 is 0 Å². The van der Waals surface area contributed by atoms with Gasteiger partial charge in [0.15, 0.2) is 0 Å². The summed E-state index contributed by atoms with van der Waals surface area (Å²) in [5.74, 6) is 1.63. The maximum atomic E-state index is 10.9. The average Bonchev–Trinajstić information content (AvgIpc) is 2.83. The van der Waals surface area contributed by atoms with Crippen molar-refractivity contribution in [3.8, 4) is 0 Å². The van der Waals surface area contributed by atoms with Gasteiger partial charge in [-0.05, 0) is 31.1 Å². The lowest BCUT2D eigenvalue weighted by Gasteiger charge is -2.30. The van der Waals surface area contributed by atoms with Crippen molar-refractivity contribution in [3.63, 3.8) is 0 Å². The number of fused-ring (bicyclic) bond motifs is 2. The summed E-state index contributed by atoms with van der Waals surface area (Å²) < 4.78 is 10.3. The molecule has 0 spiro atoms. The van der Waals surface area contributed by atoms with Crippen molar-refractivity contribution in [3.05, 3.63) is 0 Å². The highest BCUT2D eigenvalue weighted by molar-refractivity contribution is 5.66. The number of hydrogen-bond acceptors (Lipinski definition) is 4. The summed E-state index contributed by atoms with van der Waals surface area (Å²) in [6.45, 7) is 3.85. The fourth-order valence-corrected chi connectivity index (χ4v) is 3.48. The summed E-state index contributed by atoms with van der Waals surface area (Å²) in [5.41, 5.74) is 0. The molecule has 2 bridgehead atoms. The first kappa shape index (κ1) is 12.4. The van der Waals surface area contributed by atoms with Crippen LogP contribution < -0.4 is 0 Å². The van der Waals surface area contributed by atoms with E-state index in [0.29, 0.717) is 36.9 Å². The summed E-state index contributed by atoms with van der Waals surface area (Å²) in [5, 5.41) is 0. The van der Waals surface area contributed by atoms with Crippen molar-refractivity contribution >= 4 is 11.9 Å². The van der Waals surface area contributed by atoms with Crippen LogP contribution in [-0.4, -0.2) is 25.2 Å². The van der Waals surface area contributed by atoms with Crippen LogP contribution in [-0.2, 0) is 19.1 Å². The van der Waals surface area contributed by atoms with Crippen molar-refractivity contribution in [1.29, 1.82) is 0 Å². The molecular weight excluding hydrogens is 220 g/mol. The molecule has 4 atom stereocenters. The number of carbonyl (C=O) groups excluding carboxylic acids is 2. The SMILES string of the molecule is CC(=O)OC[C@@H]1[C@H]2CC[C@@H](C2)[C@@H]1COC(C)=O. The van der Waals surface area contributed by atoms with Gasteiger partial charge < -0.3 is 9.47 Å². The smallest absolute Gasteiger partial charge is 0.302 e. The molecule has 0 radical (unpaired) electrons. The second-order valence-corrected chi connectivity index (χ2v) is 5.27. The van der Waals surface area contributed by atoms with Gasteiger partial charge in [0.2, 0.25) is 0 Å². The van der Waals surface area contributed by atoms with E-state index < -0.39 is 0 Å². The van der Waals surface area contributed by atoms with Gasteiger partial charge in [0.05, 0.1) is 13.2 Å². The molecule has 2 saturated carbocycles. The third-order valence-electron chi connectivity index (χ3n) is 4.23. The molecule has 0 heterocycles. The van der Waals surface area contributed by atoms with E-state index in [1.807, 2.05) is 0 Å². The molecule has 2 aliphatic carbocycles. The first-order chi connectivity index (χ1) is 8.08. The van der Waals surface area contributed by atoms with E-state index in [0.717, 1.165) is 0 Å².